The highest BCUT2D eigenvalue weighted by Crippen LogP contribution is 2.17. The molecule has 1 unspecified atom stereocenters. The predicted octanol–water partition coefficient (Wildman–Crippen LogP) is 3.72. The molecule has 92 valence electrons. The normalized spacial score (nSPS) is 21.9. The molecule has 1 heterocycles. The smallest absolute Gasteiger partial charge is 0.0977 e. The molecule has 0 aromatic carbocycles. The molecule has 2 heteroatoms. The van der Waals surface area contributed by atoms with Crippen LogP contribution in [-0.4, -0.2) is 24.0 Å². The van der Waals surface area contributed by atoms with Crippen molar-refractivity contribution in [3.8, 4) is 6.07 Å². The first-order chi connectivity index (χ1) is 7.88. The van der Waals surface area contributed by atoms with Gasteiger partial charge in [-0.15, -0.1) is 0 Å². The molecule has 0 amide bonds. The summed E-state index contributed by atoms with van der Waals surface area (Å²) in [6.07, 6.45) is 11.7. The van der Waals surface area contributed by atoms with Gasteiger partial charge >= 0.3 is 0 Å². The molecule has 0 N–H and O–H groups in total. The number of hydrogen-bond donors (Lipinski definition) is 0. The molecular formula is C14H26N2. The van der Waals surface area contributed by atoms with Crippen molar-refractivity contribution in [2.75, 3.05) is 13.1 Å². The number of hydrogen-bond acceptors (Lipinski definition) is 2. The van der Waals surface area contributed by atoms with Gasteiger partial charge in [0.2, 0.25) is 0 Å². The molecule has 16 heavy (non-hydrogen) atoms. The first-order valence-corrected chi connectivity index (χ1v) is 7.02. The average molecular weight is 222 g/mol. The van der Waals surface area contributed by atoms with Crippen molar-refractivity contribution in [2.24, 2.45) is 0 Å². The van der Waals surface area contributed by atoms with Crippen molar-refractivity contribution in [2.45, 2.75) is 70.8 Å². The van der Waals surface area contributed by atoms with Crippen molar-refractivity contribution >= 4 is 0 Å². The third-order valence-electron chi connectivity index (χ3n) is 3.56. The lowest BCUT2D eigenvalue weighted by atomic mass is 10.0. The number of unbranched alkanes of at least 4 members (excludes halogenated alkanes) is 5. The van der Waals surface area contributed by atoms with Gasteiger partial charge in [0, 0.05) is 0 Å². The Kier molecular flexibility index (Phi) is 7.25. The second-order valence-electron chi connectivity index (χ2n) is 4.94. The van der Waals surface area contributed by atoms with Gasteiger partial charge in [-0.2, -0.15) is 5.26 Å². The number of rotatable bonds is 7. The Hall–Kier alpha value is -0.550. The Labute approximate surface area is 101 Å². The van der Waals surface area contributed by atoms with Crippen molar-refractivity contribution in [1.82, 2.24) is 4.90 Å². The van der Waals surface area contributed by atoms with Crippen LogP contribution in [0.4, 0.5) is 0 Å². The lowest BCUT2D eigenvalue weighted by Crippen LogP contribution is -2.39. The molecule has 0 radical (unpaired) electrons. The van der Waals surface area contributed by atoms with E-state index in [9.17, 15) is 0 Å². The molecule has 0 aromatic rings. The third-order valence-corrected chi connectivity index (χ3v) is 3.56. The van der Waals surface area contributed by atoms with E-state index in [4.69, 9.17) is 5.26 Å². The van der Waals surface area contributed by atoms with E-state index in [1.54, 1.807) is 0 Å². The maximum absolute atomic E-state index is 9.04. The molecule has 0 saturated carbocycles. The zero-order valence-electron chi connectivity index (χ0n) is 10.7. The molecule has 1 rings (SSSR count). The molecule has 0 bridgehead atoms. The van der Waals surface area contributed by atoms with Gasteiger partial charge in [0.05, 0.1) is 12.1 Å². The van der Waals surface area contributed by atoms with Crippen LogP contribution in [0.25, 0.3) is 0 Å². The van der Waals surface area contributed by atoms with Gasteiger partial charge in [0.25, 0.3) is 0 Å². The maximum atomic E-state index is 9.04. The van der Waals surface area contributed by atoms with Crippen LogP contribution < -0.4 is 0 Å². The van der Waals surface area contributed by atoms with Crippen LogP contribution in [-0.2, 0) is 0 Å². The van der Waals surface area contributed by atoms with Crippen molar-refractivity contribution < 1.29 is 0 Å². The lowest BCUT2D eigenvalue weighted by Gasteiger charge is -2.31. The summed E-state index contributed by atoms with van der Waals surface area (Å²) in [5, 5.41) is 9.04. The zero-order valence-corrected chi connectivity index (χ0v) is 10.7. The summed E-state index contributed by atoms with van der Waals surface area (Å²) in [5.74, 6) is 0. The van der Waals surface area contributed by atoms with Crippen molar-refractivity contribution in [3.05, 3.63) is 0 Å². The number of nitrogens with zero attached hydrogens (tertiary/aromatic N) is 2. The van der Waals surface area contributed by atoms with E-state index < -0.39 is 0 Å². The molecule has 1 fully saturated rings. The number of nitriles is 1. The Morgan fingerprint density at radius 2 is 1.88 bits per heavy atom. The molecule has 0 spiro atoms. The highest BCUT2D eigenvalue weighted by Gasteiger charge is 2.20. The van der Waals surface area contributed by atoms with Crippen molar-refractivity contribution in [3.63, 3.8) is 0 Å². The summed E-state index contributed by atoms with van der Waals surface area (Å²) in [6.45, 7) is 4.54. The van der Waals surface area contributed by atoms with Gasteiger partial charge < -0.3 is 0 Å². The highest BCUT2D eigenvalue weighted by molar-refractivity contribution is 4.93. The summed E-state index contributed by atoms with van der Waals surface area (Å²) in [4.78, 5) is 2.39. The Bertz CT molecular complexity index is 207. The van der Waals surface area contributed by atoms with E-state index in [1.807, 2.05) is 0 Å². The zero-order chi connectivity index (χ0) is 11.6. The van der Waals surface area contributed by atoms with Crippen LogP contribution >= 0.6 is 0 Å². The third kappa shape index (κ3) is 4.99. The van der Waals surface area contributed by atoms with Crippen LogP contribution in [0.1, 0.15) is 64.7 Å². The van der Waals surface area contributed by atoms with Gasteiger partial charge in [0.1, 0.15) is 0 Å². The number of likely N-dealkylation sites (tertiary alicyclic amines) is 1. The van der Waals surface area contributed by atoms with Crippen LogP contribution in [0.15, 0.2) is 0 Å². The largest absolute Gasteiger partial charge is 0.288 e. The summed E-state index contributed by atoms with van der Waals surface area (Å²) in [7, 11) is 0. The van der Waals surface area contributed by atoms with E-state index in [0.717, 1.165) is 19.5 Å². The Morgan fingerprint density at radius 3 is 2.62 bits per heavy atom. The van der Waals surface area contributed by atoms with E-state index in [1.165, 1.54) is 51.4 Å². The second-order valence-corrected chi connectivity index (χ2v) is 4.94. The van der Waals surface area contributed by atoms with Crippen LogP contribution in [0.2, 0.25) is 0 Å². The van der Waals surface area contributed by atoms with Crippen molar-refractivity contribution in [1.29, 1.82) is 5.26 Å². The predicted molar refractivity (Wildman–Crippen MR) is 68.2 cm³/mol. The summed E-state index contributed by atoms with van der Waals surface area (Å²) in [5.41, 5.74) is 0. The maximum Gasteiger partial charge on any atom is 0.0977 e. The fraction of sp³-hybridized carbons (Fsp3) is 0.929. The van der Waals surface area contributed by atoms with E-state index in [0.29, 0.717) is 0 Å². The standard InChI is InChI=1S/C14H26N2/c1-2-3-4-5-6-8-11-16-12-9-7-10-14(16)13-15/h14H,2-12H2,1H3. The summed E-state index contributed by atoms with van der Waals surface area (Å²) >= 11 is 0. The minimum absolute atomic E-state index is 0.212. The molecule has 1 atom stereocenters. The Balaban J connectivity index is 2.04. The first kappa shape index (κ1) is 13.5. The molecule has 1 aliphatic rings. The summed E-state index contributed by atoms with van der Waals surface area (Å²) in [6, 6.07) is 2.65. The van der Waals surface area contributed by atoms with Gasteiger partial charge in [-0.1, -0.05) is 39.0 Å². The quantitative estimate of drug-likeness (QED) is 0.614. The molecule has 2 nitrogen and oxygen atoms in total. The van der Waals surface area contributed by atoms with E-state index in [-0.39, 0.29) is 6.04 Å². The van der Waals surface area contributed by atoms with Gasteiger partial charge in [-0.05, 0) is 38.8 Å². The van der Waals surface area contributed by atoms with Gasteiger partial charge in [-0.3, -0.25) is 4.90 Å². The second kappa shape index (κ2) is 8.58. The van der Waals surface area contributed by atoms with Crippen LogP contribution in [0.5, 0.6) is 0 Å². The minimum atomic E-state index is 0.212. The van der Waals surface area contributed by atoms with Gasteiger partial charge in [-0.25, -0.2) is 0 Å². The average Bonchev–Trinajstić information content (AvgIpc) is 2.34. The molecule has 0 aliphatic carbocycles. The fourth-order valence-electron chi connectivity index (χ4n) is 2.50. The van der Waals surface area contributed by atoms with E-state index in [2.05, 4.69) is 17.9 Å². The highest BCUT2D eigenvalue weighted by atomic mass is 15.2. The molecular weight excluding hydrogens is 196 g/mol. The minimum Gasteiger partial charge on any atom is -0.288 e. The SMILES string of the molecule is CCCCCCCCN1CCCCC1C#N. The lowest BCUT2D eigenvalue weighted by molar-refractivity contribution is 0.181. The number of piperidine rings is 1. The molecule has 1 aliphatic heterocycles. The molecule has 0 aromatic heterocycles. The van der Waals surface area contributed by atoms with Gasteiger partial charge in [0.15, 0.2) is 0 Å². The van der Waals surface area contributed by atoms with Crippen LogP contribution in [0, 0.1) is 11.3 Å². The first-order valence-electron chi connectivity index (χ1n) is 7.02. The van der Waals surface area contributed by atoms with E-state index >= 15 is 0 Å². The summed E-state index contributed by atoms with van der Waals surface area (Å²) < 4.78 is 0. The van der Waals surface area contributed by atoms with Crippen LogP contribution in [0.3, 0.4) is 0 Å². The topological polar surface area (TPSA) is 27.0 Å². The monoisotopic (exact) mass is 222 g/mol. The Morgan fingerprint density at radius 1 is 1.12 bits per heavy atom. The fourth-order valence-corrected chi connectivity index (χ4v) is 2.50. The molecule has 1 saturated heterocycles.